The molecule has 2 heterocycles. The molecule has 0 fully saturated rings. The number of hydrogen-bond donors (Lipinski definition) is 2. The van der Waals surface area contributed by atoms with Gasteiger partial charge in [-0.15, -0.1) is 11.3 Å². The summed E-state index contributed by atoms with van der Waals surface area (Å²) in [7, 11) is 0. The van der Waals surface area contributed by atoms with Crippen molar-refractivity contribution in [3.63, 3.8) is 0 Å². The zero-order valence-electron chi connectivity index (χ0n) is 12.4. The third-order valence-corrected chi connectivity index (χ3v) is 4.63. The van der Waals surface area contributed by atoms with Crippen molar-refractivity contribution in [3.8, 4) is 10.7 Å². The van der Waals surface area contributed by atoms with E-state index in [4.69, 9.17) is 12.2 Å². The number of carbonyl (C=O) groups excluding carboxylic acids is 1. The SMILES string of the molecule is CC(C)C(C)NC(=O)CCn1c(-c2cccs2)n[nH]c1=S. The van der Waals surface area contributed by atoms with Gasteiger partial charge in [-0.05, 0) is 36.5 Å². The van der Waals surface area contributed by atoms with Gasteiger partial charge in [0.1, 0.15) is 0 Å². The molecule has 0 bridgehead atoms. The Morgan fingerprint density at radius 2 is 2.29 bits per heavy atom. The first kappa shape index (κ1) is 15.9. The normalized spacial score (nSPS) is 12.6. The van der Waals surface area contributed by atoms with Crippen molar-refractivity contribution >= 4 is 29.5 Å². The van der Waals surface area contributed by atoms with Gasteiger partial charge in [-0.1, -0.05) is 19.9 Å². The Hall–Kier alpha value is -1.47. The number of thiophene rings is 1. The Morgan fingerprint density at radius 1 is 1.52 bits per heavy atom. The van der Waals surface area contributed by atoms with E-state index >= 15 is 0 Å². The second kappa shape index (κ2) is 7.00. The molecule has 5 nitrogen and oxygen atoms in total. The number of H-pyrrole nitrogens is 1. The molecule has 0 aliphatic rings. The summed E-state index contributed by atoms with van der Waals surface area (Å²) in [6, 6.07) is 4.14. The van der Waals surface area contributed by atoms with Crippen LogP contribution < -0.4 is 5.32 Å². The molecule has 0 aliphatic heterocycles. The maximum absolute atomic E-state index is 12.0. The van der Waals surface area contributed by atoms with Crippen molar-refractivity contribution in [1.29, 1.82) is 0 Å². The standard InChI is InChI=1S/C14H20N4OS2/c1-9(2)10(3)15-12(19)6-7-18-13(16-17-14(18)20)11-5-4-8-21-11/h4-5,8-10H,6-7H2,1-3H3,(H,15,19)(H,17,20). The van der Waals surface area contributed by atoms with E-state index in [1.807, 2.05) is 29.0 Å². The largest absolute Gasteiger partial charge is 0.353 e. The van der Waals surface area contributed by atoms with Gasteiger partial charge in [-0.2, -0.15) is 5.10 Å². The summed E-state index contributed by atoms with van der Waals surface area (Å²) in [4.78, 5) is 13.0. The molecule has 2 rings (SSSR count). The third-order valence-electron chi connectivity index (χ3n) is 3.45. The second-order valence-electron chi connectivity index (χ2n) is 5.33. The van der Waals surface area contributed by atoms with E-state index in [9.17, 15) is 4.79 Å². The highest BCUT2D eigenvalue weighted by Crippen LogP contribution is 2.22. The molecule has 7 heteroatoms. The van der Waals surface area contributed by atoms with Crippen LogP contribution in [0.1, 0.15) is 27.2 Å². The molecule has 0 saturated heterocycles. The predicted octanol–water partition coefficient (Wildman–Crippen LogP) is 3.22. The van der Waals surface area contributed by atoms with E-state index in [-0.39, 0.29) is 11.9 Å². The van der Waals surface area contributed by atoms with Gasteiger partial charge >= 0.3 is 0 Å². The molecule has 0 aromatic carbocycles. The molecule has 0 saturated carbocycles. The van der Waals surface area contributed by atoms with Crippen LogP contribution in [0.3, 0.4) is 0 Å². The quantitative estimate of drug-likeness (QED) is 0.802. The lowest BCUT2D eigenvalue weighted by atomic mass is 10.1. The predicted molar refractivity (Wildman–Crippen MR) is 87.8 cm³/mol. The Balaban J connectivity index is 2.03. The molecule has 2 N–H and O–H groups in total. The first-order chi connectivity index (χ1) is 9.99. The molecular weight excluding hydrogens is 304 g/mol. The lowest BCUT2D eigenvalue weighted by molar-refractivity contribution is -0.122. The third kappa shape index (κ3) is 4.01. The summed E-state index contributed by atoms with van der Waals surface area (Å²) in [6.45, 7) is 6.72. The number of amides is 1. The van der Waals surface area contributed by atoms with Gasteiger partial charge in [0, 0.05) is 19.0 Å². The van der Waals surface area contributed by atoms with Crippen LogP contribution in [-0.2, 0) is 11.3 Å². The number of aromatic amines is 1. The van der Waals surface area contributed by atoms with Crippen molar-refractivity contribution in [1.82, 2.24) is 20.1 Å². The summed E-state index contributed by atoms with van der Waals surface area (Å²) in [6.07, 6.45) is 0.392. The molecular formula is C14H20N4OS2. The van der Waals surface area contributed by atoms with Gasteiger partial charge in [-0.25, -0.2) is 0 Å². The molecule has 1 amide bonds. The van der Waals surface area contributed by atoms with E-state index in [0.717, 1.165) is 10.7 Å². The molecule has 1 atom stereocenters. The van der Waals surface area contributed by atoms with E-state index in [0.29, 0.717) is 23.7 Å². The van der Waals surface area contributed by atoms with Crippen molar-refractivity contribution in [2.75, 3.05) is 0 Å². The summed E-state index contributed by atoms with van der Waals surface area (Å²) < 4.78 is 2.42. The van der Waals surface area contributed by atoms with Crippen molar-refractivity contribution in [2.45, 2.75) is 39.8 Å². The highest BCUT2D eigenvalue weighted by molar-refractivity contribution is 7.71. The van der Waals surface area contributed by atoms with E-state index in [2.05, 4.69) is 29.4 Å². The number of rotatable bonds is 6. The number of carbonyl (C=O) groups is 1. The van der Waals surface area contributed by atoms with Crippen molar-refractivity contribution in [2.24, 2.45) is 5.92 Å². The van der Waals surface area contributed by atoms with Crippen LogP contribution in [0, 0.1) is 10.7 Å². The van der Waals surface area contributed by atoms with Gasteiger partial charge in [-0.3, -0.25) is 14.5 Å². The Kier molecular flexibility index (Phi) is 5.30. The van der Waals surface area contributed by atoms with Crippen LogP contribution in [0.5, 0.6) is 0 Å². The fourth-order valence-electron chi connectivity index (χ4n) is 1.83. The van der Waals surface area contributed by atoms with Gasteiger partial charge in [0.05, 0.1) is 4.88 Å². The highest BCUT2D eigenvalue weighted by atomic mass is 32.1. The maximum atomic E-state index is 12.0. The monoisotopic (exact) mass is 324 g/mol. The number of nitrogens with zero attached hydrogens (tertiary/aromatic N) is 2. The van der Waals surface area contributed by atoms with Gasteiger partial charge in [0.2, 0.25) is 5.91 Å². The van der Waals surface area contributed by atoms with Crippen molar-refractivity contribution in [3.05, 3.63) is 22.3 Å². The molecule has 2 aromatic rings. The molecule has 21 heavy (non-hydrogen) atoms. The van der Waals surface area contributed by atoms with Gasteiger partial charge in [0.15, 0.2) is 10.6 Å². The number of nitrogens with one attached hydrogen (secondary N) is 2. The van der Waals surface area contributed by atoms with Crippen molar-refractivity contribution < 1.29 is 4.79 Å². The Labute approximate surface area is 133 Å². The topological polar surface area (TPSA) is 62.7 Å². The van der Waals surface area contributed by atoms with Crippen LogP contribution in [-0.4, -0.2) is 26.7 Å². The van der Waals surface area contributed by atoms with Gasteiger partial charge < -0.3 is 5.32 Å². The van der Waals surface area contributed by atoms with Crippen LogP contribution in [0.2, 0.25) is 0 Å². The van der Waals surface area contributed by atoms with Crippen LogP contribution in [0.25, 0.3) is 10.7 Å². The lowest BCUT2D eigenvalue weighted by Crippen LogP contribution is -2.36. The zero-order chi connectivity index (χ0) is 15.4. The average Bonchev–Trinajstić information content (AvgIpc) is 3.05. The minimum Gasteiger partial charge on any atom is -0.353 e. The first-order valence-electron chi connectivity index (χ1n) is 6.97. The number of hydrogen-bond acceptors (Lipinski definition) is 4. The molecule has 0 radical (unpaired) electrons. The van der Waals surface area contributed by atoms with Crippen LogP contribution in [0.15, 0.2) is 17.5 Å². The summed E-state index contributed by atoms with van der Waals surface area (Å²) in [5, 5.41) is 12.0. The lowest BCUT2D eigenvalue weighted by Gasteiger charge is -2.17. The van der Waals surface area contributed by atoms with Crippen LogP contribution >= 0.6 is 23.6 Å². The molecule has 2 aromatic heterocycles. The fraction of sp³-hybridized carbons (Fsp3) is 0.500. The summed E-state index contributed by atoms with van der Waals surface area (Å²) in [5.41, 5.74) is 0. The second-order valence-corrected chi connectivity index (χ2v) is 6.67. The first-order valence-corrected chi connectivity index (χ1v) is 8.26. The highest BCUT2D eigenvalue weighted by Gasteiger charge is 2.13. The summed E-state index contributed by atoms with van der Waals surface area (Å²) >= 11 is 6.85. The summed E-state index contributed by atoms with van der Waals surface area (Å²) in [5.74, 6) is 1.25. The van der Waals surface area contributed by atoms with E-state index in [1.54, 1.807) is 11.3 Å². The van der Waals surface area contributed by atoms with Crippen LogP contribution in [0.4, 0.5) is 0 Å². The molecule has 0 aliphatic carbocycles. The fourth-order valence-corrected chi connectivity index (χ4v) is 2.77. The maximum Gasteiger partial charge on any atom is 0.222 e. The van der Waals surface area contributed by atoms with Gasteiger partial charge in [0.25, 0.3) is 0 Å². The minimum absolute atomic E-state index is 0.0384. The minimum atomic E-state index is 0.0384. The van der Waals surface area contributed by atoms with E-state index < -0.39 is 0 Å². The molecule has 1 unspecified atom stereocenters. The molecule has 114 valence electrons. The smallest absolute Gasteiger partial charge is 0.222 e. The Morgan fingerprint density at radius 3 is 2.90 bits per heavy atom. The average molecular weight is 324 g/mol. The number of aromatic nitrogens is 3. The molecule has 0 spiro atoms. The van der Waals surface area contributed by atoms with E-state index in [1.165, 1.54) is 0 Å². The Bertz CT molecular complexity index is 642. The zero-order valence-corrected chi connectivity index (χ0v) is 14.1.